The number of hydrogen-bond acceptors (Lipinski definition) is 2. The summed E-state index contributed by atoms with van der Waals surface area (Å²) in [6.07, 6.45) is 0.655. The van der Waals surface area contributed by atoms with E-state index in [1.807, 2.05) is 54.6 Å². The second-order valence-corrected chi connectivity index (χ2v) is 6.05. The molecule has 126 valence electrons. The van der Waals surface area contributed by atoms with Gasteiger partial charge in [-0.15, -0.1) is 0 Å². The third-order valence-electron chi connectivity index (χ3n) is 3.85. The van der Waals surface area contributed by atoms with Crippen molar-refractivity contribution in [3.05, 3.63) is 65.2 Å². The number of benzene rings is 2. The zero-order valence-corrected chi connectivity index (χ0v) is 14.7. The Morgan fingerprint density at radius 2 is 1.75 bits per heavy atom. The second-order valence-electron chi connectivity index (χ2n) is 5.61. The lowest BCUT2D eigenvalue weighted by atomic mass is 10.1. The summed E-state index contributed by atoms with van der Waals surface area (Å²) in [7, 11) is 1.72. The molecule has 0 bridgehead atoms. The number of rotatable bonds is 6. The van der Waals surface area contributed by atoms with Crippen LogP contribution in [-0.4, -0.2) is 36.9 Å². The van der Waals surface area contributed by atoms with Crippen LogP contribution < -0.4 is 4.90 Å². The van der Waals surface area contributed by atoms with Crippen molar-refractivity contribution in [2.75, 3.05) is 25.0 Å². The van der Waals surface area contributed by atoms with E-state index in [2.05, 4.69) is 0 Å². The first-order chi connectivity index (χ1) is 11.5. The predicted molar refractivity (Wildman–Crippen MR) is 97.3 cm³/mol. The summed E-state index contributed by atoms with van der Waals surface area (Å²) in [5, 5.41) is 0.668. The van der Waals surface area contributed by atoms with E-state index in [0.717, 1.165) is 11.3 Å². The summed E-state index contributed by atoms with van der Waals surface area (Å²) in [5.74, 6) is -0.241. The second kappa shape index (κ2) is 8.50. The Kier molecular flexibility index (Phi) is 6.38. The average molecular weight is 345 g/mol. The molecule has 2 rings (SSSR count). The van der Waals surface area contributed by atoms with Gasteiger partial charge in [-0.25, -0.2) is 0 Å². The van der Waals surface area contributed by atoms with Gasteiger partial charge in [-0.3, -0.25) is 9.59 Å². The summed E-state index contributed by atoms with van der Waals surface area (Å²) in [6.45, 7) is 2.01. The Morgan fingerprint density at radius 3 is 2.38 bits per heavy atom. The number of carbonyl (C=O) groups excluding carboxylic acids is 2. The van der Waals surface area contributed by atoms with Gasteiger partial charge in [-0.05, 0) is 36.2 Å². The molecule has 4 nitrogen and oxygen atoms in total. The highest BCUT2D eigenvalue weighted by Gasteiger charge is 2.17. The van der Waals surface area contributed by atoms with Gasteiger partial charge >= 0.3 is 0 Å². The summed E-state index contributed by atoms with van der Waals surface area (Å²) in [6, 6.07) is 16.9. The standard InChI is InChI=1S/C19H21ClN2O2/c1-15(23)22(12-11-16-7-6-8-17(20)13-16)14-19(24)21(2)18-9-4-3-5-10-18/h3-10,13H,11-12,14H2,1-2H3. The Hall–Kier alpha value is -2.33. The van der Waals surface area contributed by atoms with Crippen molar-refractivity contribution in [3.63, 3.8) is 0 Å². The van der Waals surface area contributed by atoms with Crippen LogP contribution in [0.5, 0.6) is 0 Å². The molecule has 0 fully saturated rings. The van der Waals surface area contributed by atoms with Gasteiger partial charge in [0.2, 0.25) is 11.8 Å². The molecule has 2 aromatic carbocycles. The van der Waals surface area contributed by atoms with Gasteiger partial charge in [-0.1, -0.05) is 41.9 Å². The summed E-state index contributed by atoms with van der Waals surface area (Å²) < 4.78 is 0. The Bertz CT molecular complexity index is 704. The van der Waals surface area contributed by atoms with Gasteiger partial charge < -0.3 is 9.80 Å². The maximum Gasteiger partial charge on any atom is 0.246 e. The Labute approximate surface area is 147 Å². The molecule has 0 spiro atoms. The third-order valence-corrected chi connectivity index (χ3v) is 4.08. The minimum Gasteiger partial charge on any atom is -0.333 e. The van der Waals surface area contributed by atoms with Gasteiger partial charge in [0.15, 0.2) is 0 Å². The molecule has 0 aliphatic rings. The molecule has 5 heteroatoms. The fourth-order valence-corrected chi connectivity index (χ4v) is 2.58. The fourth-order valence-electron chi connectivity index (χ4n) is 2.37. The topological polar surface area (TPSA) is 40.6 Å². The number of likely N-dealkylation sites (N-methyl/N-ethyl adjacent to an activating group) is 1. The molecule has 0 unspecified atom stereocenters. The predicted octanol–water partition coefficient (Wildman–Crippen LogP) is 3.39. The summed E-state index contributed by atoms with van der Waals surface area (Å²) in [4.78, 5) is 27.4. The molecule has 24 heavy (non-hydrogen) atoms. The largest absolute Gasteiger partial charge is 0.333 e. The van der Waals surface area contributed by atoms with Crippen molar-refractivity contribution in [1.82, 2.24) is 4.90 Å². The van der Waals surface area contributed by atoms with Gasteiger partial charge in [0, 0.05) is 31.2 Å². The number of nitrogens with zero attached hydrogens (tertiary/aromatic N) is 2. The zero-order valence-electron chi connectivity index (χ0n) is 13.9. The van der Waals surface area contributed by atoms with E-state index in [1.165, 1.54) is 6.92 Å². The van der Waals surface area contributed by atoms with Crippen molar-refractivity contribution in [2.45, 2.75) is 13.3 Å². The SMILES string of the molecule is CC(=O)N(CCc1cccc(Cl)c1)CC(=O)N(C)c1ccccc1. The molecule has 0 atom stereocenters. The molecule has 0 saturated carbocycles. The molecule has 0 aliphatic carbocycles. The molecule has 0 aromatic heterocycles. The van der Waals surface area contributed by atoms with Crippen molar-refractivity contribution < 1.29 is 9.59 Å². The van der Waals surface area contributed by atoms with Gasteiger partial charge in [0.1, 0.15) is 6.54 Å². The molecule has 0 saturated heterocycles. The Balaban J connectivity index is 1.98. The van der Waals surface area contributed by atoms with Crippen molar-refractivity contribution in [3.8, 4) is 0 Å². The lowest BCUT2D eigenvalue weighted by Crippen LogP contribution is -2.41. The number of para-hydroxylation sites is 1. The fraction of sp³-hybridized carbons (Fsp3) is 0.263. The van der Waals surface area contributed by atoms with E-state index < -0.39 is 0 Å². The lowest BCUT2D eigenvalue weighted by molar-refractivity contribution is -0.133. The highest BCUT2D eigenvalue weighted by Crippen LogP contribution is 2.13. The molecular weight excluding hydrogens is 324 g/mol. The molecule has 0 radical (unpaired) electrons. The van der Waals surface area contributed by atoms with Gasteiger partial charge in [0.25, 0.3) is 0 Å². The van der Waals surface area contributed by atoms with Crippen LogP contribution in [0, 0.1) is 0 Å². The quantitative estimate of drug-likeness (QED) is 0.806. The van der Waals surface area contributed by atoms with Crippen LogP contribution in [0.4, 0.5) is 5.69 Å². The highest BCUT2D eigenvalue weighted by molar-refractivity contribution is 6.30. The number of hydrogen-bond donors (Lipinski definition) is 0. The van der Waals surface area contributed by atoms with Crippen LogP contribution in [0.1, 0.15) is 12.5 Å². The first kappa shape index (κ1) is 18.0. The Morgan fingerprint density at radius 1 is 1.04 bits per heavy atom. The van der Waals surface area contributed by atoms with Crippen LogP contribution in [-0.2, 0) is 16.0 Å². The summed E-state index contributed by atoms with van der Waals surface area (Å²) in [5.41, 5.74) is 1.85. The van der Waals surface area contributed by atoms with Crippen molar-refractivity contribution in [2.24, 2.45) is 0 Å². The maximum absolute atomic E-state index is 12.4. The molecule has 0 N–H and O–H groups in total. The maximum atomic E-state index is 12.4. The summed E-state index contributed by atoms with van der Waals surface area (Å²) >= 11 is 5.98. The monoisotopic (exact) mass is 344 g/mol. The van der Waals surface area contributed by atoms with E-state index >= 15 is 0 Å². The first-order valence-electron chi connectivity index (χ1n) is 7.79. The molecule has 2 amide bonds. The molecular formula is C19H21ClN2O2. The van der Waals surface area contributed by atoms with E-state index in [-0.39, 0.29) is 18.4 Å². The van der Waals surface area contributed by atoms with Gasteiger partial charge in [-0.2, -0.15) is 0 Å². The zero-order chi connectivity index (χ0) is 17.5. The van der Waals surface area contributed by atoms with Gasteiger partial charge in [0.05, 0.1) is 0 Å². The average Bonchev–Trinajstić information content (AvgIpc) is 2.58. The number of carbonyl (C=O) groups is 2. The third kappa shape index (κ3) is 5.10. The van der Waals surface area contributed by atoms with E-state index in [1.54, 1.807) is 16.8 Å². The van der Waals surface area contributed by atoms with Crippen LogP contribution in [0.2, 0.25) is 5.02 Å². The van der Waals surface area contributed by atoms with E-state index in [0.29, 0.717) is 18.0 Å². The normalized spacial score (nSPS) is 10.3. The number of halogens is 1. The highest BCUT2D eigenvalue weighted by atomic mass is 35.5. The minimum atomic E-state index is -0.123. The van der Waals surface area contributed by atoms with E-state index in [9.17, 15) is 9.59 Å². The smallest absolute Gasteiger partial charge is 0.246 e. The van der Waals surface area contributed by atoms with Crippen LogP contribution in [0.25, 0.3) is 0 Å². The molecule has 0 aliphatic heterocycles. The van der Waals surface area contributed by atoms with Crippen molar-refractivity contribution in [1.29, 1.82) is 0 Å². The van der Waals surface area contributed by atoms with Crippen LogP contribution in [0.3, 0.4) is 0 Å². The number of anilines is 1. The molecule has 2 aromatic rings. The molecule has 0 heterocycles. The van der Waals surface area contributed by atoms with Crippen molar-refractivity contribution >= 4 is 29.1 Å². The number of amides is 2. The lowest BCUT2D eigenvalue weighted by Gasteiger charge is -2.24. The minimum absolute atomic E-state index is 0.0568. The van der Waals surface area contributed by atoms with Crippen LogP contribution in [0.15, 0.2) is 54.6 Å². The van der Waals surface area contributed by atoms with Crippen LogP contribution >= 0.6 is 11.6 Å². The van der Waals surface area contributed by atoms with E-state index in [4.69, 9.17) is 11.6 Å². The first-order valence-corrected chi connectivity index (χ1v) is 8.16.